The predicted molar refractivity (Wildman–Crippen MR) is 142 cm³/mol. The molecule has 4 aromatic rings. The highest BCUT2D eigenvalue weighted by Gasteiger charge is 2.11. The van der Waals surface area contributed by atoms with Gasteiger partial charge in [-0.2, -0.15) is 0 Å². The van der Waals surface area contributed by atoms with Crippen LogP contribution < -0.4 is 10.2 Å². The Morgan fingerprint density at radius 3 is 2.26 bits per heavy atom. The lowest BCUT2D eigenvalue weighted by Gasteiger charge is -2.28. The number of anilines is 2. The van der Waals surface area contributed by atoms with Crippen molar-refractivity contribution in [2.45, 2.75) is 13.3 Å². The predicted octanol–water partition coefficient (Wildman–Crippen LogP) is 5.74. The lowest BCUT2D eigenvalue weighted by atomic mass is 10.0. The summed E-state index contributed by atoms with van der Waals surface area (Å²) in [6.45, 7) is 5.39. The Kier molecular flexibility index (Phi) is 6.87. The van der Waals surface area contributed by atoms with Crippen molar-refractivity contribution in [3.63, 3.8) is 0 Å². The van der Waals surface area contributed by atoms with Crippen molar-refractivity contribution in [3.05, 3.63) is 102 Å². The zero-order chi connectivity index (χ0) is 24.0. The molecule has 2 heterocycles. The van der Waals surface area contributed by atoms with Crippen molar-refractivity contribution in [2.75, 3.05) is 36.5 Å². The van der Waals surface area contributed by atoms with Crippen LogP contribution in [-0.2, 0) is 16.0 Å². The fourth-order valence-corrected chi connectivity index (χ4v) is 4.41. The van der Waals surface area contributed by atoms with Gasteiger partial charge in [0.2, 0.25) is 5.91 Å². The molecule has 0 aliphatic carbocycles. The number of morpholine rings is 1. The van der Waals surface area contributed by atoms with Gasteiger partial charge in [-0.3, -0.25) is 9.78 Å². The lowest BCUT2D eigenvalue weighted by molar-refractivity contribution is -0.115. The molecule has 1 amide bonds. The van der Waals surface area contributed by atoms with Gasteiger partial charge in [-0.25, -0.2) is 0 Å². The molecule has 1 fully saturated rings. The van der Waals surface area contributed by atoms with Crippen LogP contribution in [0.3, 0.4) is 0 Å². The first-order chi connectivity index (χ1) is 17.1. The summed E-state index contributed by atoms with van der Waals surface area (Å²) >= 11 is 0. The minimum Gasteiger partial charge on any atom is -0.378 e. The third-order valence-corrected chi connectivity index (χ3v) is 6.27. The number of aryl methyl sites for hydroxylation is 1. The molecule has 1 aromatic heterocycles. The van der Waals surface area contributed by atoms with Crippen LogP contribution in [0.5, 0.6) is 0 Å². The number of amides is 1. The molecule has 0 atom stereocenters. The number of benzene rings is 3. The van der Waals surface area contributed by atoms with Gasteiger partial charge in [0.1, 0.15) is 0 Å². The quantitative estimate of drug-likeness (QED) is 0.396. The maximum Gasteiger partial charge on any atom is 0.228 e. The summed E-state index contributed by atoms with van der Waals surface area (Å²) < 4.78 is 5.45. The van der Waals surface area contributed by atoms with Gasteiger partial charge in [0, 0.05) is 36.4 Å². The third kappa shape index (κ3) is 5.76. The van der Waals surface area contributed by atoms with E-state index in [9.17, 15) is 4.79 Å². The molecule has 1 N–H and O–H groups in total. The Labute approximate surface area is 206 Å². The summed E-state index contributed by atoms with van der Waals surface area (Å²) in [5.74, 6) is -0.0303. The van der Waals surface area contributed by atoms with E-state index in [4.69, 9.17) is 4.74 Å². The van der Waals surface area contributed by atoms with Crippen LogP contribution >= 0.6 is 0 Å². The molecular formula is C30H29N3O2. The monoisotopic (exact) mass is 463 g/mol. The van der Waals surface area contributed by atoms with Crippen LogP contribution in [-0.4, -0.2) is 37.2 Å². The van der Waals surface area contributed by atoms with Crippen LogP contribution in [0.15, 0.2) is 91.1 Å². The number of ether oxygens (including phenoxy) is 1. The largest absolute Gasteiger partial charge is 0.378 e. The molecule has 5 nitrogen and oxygen atoms in total. The first kappa shape index (κ1) is 22.8. The summed E-state index contributed by atoms with van der Waals surface area (Å²) in [5, 5.41) is 3.02. The molecule has 5 heteroatoms. The van der Waals surface area contributed by atoms with E-state index in [2.05, 4.69) is 57.7 Å². The highest BCUT2D eigenvalue weighted by molar-refractivity contribution is 5.92. The summed E-state index contributed by atoms with van der Waals surface area (Å²) in [4.78, 5) is 19.3. The van der Waals surface area contributed by atoms with Gasteiger partial charge < -0.3 is 15.0 Å². The number of carbonyl (C=O) groups is 1. The molecule has 3 aromatic carbocycles. The topological polar surface area (TPSA) is 54.5 Å². The van der Waals surface area contributed by atoms with E-state index < -0.39 is 0 Å². The number of hydrogen-bond donors (Lipinski definition) is 1. The second-order valence-electron chi connectivity index (χ2n) is 8.83. The first-order valence-electron chi connectivity index (χ1n) is 12.0. The van der Waals surface area contributed by atoms with E-state index in [0.29, 0.717) is 6.42 Å². The van der Waals surface area contributed by atoms with Crippen molar-refractivity contribution in [1.82, 2.24) is 4.98 Å². The van der Waals surface area contributed by atoms with Crippen LogP contribution in [0.1, 0.15) is 11.3 Å². The number of aromatic nitrogens is 1. The zero-order valence-electron chi connectivity index (χ0n) is 19.9. The molecular weight excluding hydrogens is 434 g/mol. The van der Waals surface area contributed by atoms with Crippen molar-refractivity contribution in [2.24, 2.45) is 0 Å². The van der Waals surface area contributed by atoms with Crippen LogP contribution in [0.4, 0.5) is 11.4 Å². The second kappa shape index (κ2) is 10.5. The minimum absolute atomic E-state index is 0.0303. The number of nitrogens with one attached hydrogen (secondary N) is 1. The van der Waals surface area contributed by atoms with Gasteiger partial charge in [0.25, 0.3) is 0 Å². The average molecular weight is 464 g/mol. The number of hydrogen-bond acceptors (Lipinski definition) is 4. The van der Waals surface area contributed by atoms with Crippen LogP contribution in [0.2, 0.25) is 0 Å². The van der Waals surface area contributed by atoms with E-state index in [1.807, 2.05) is 55.6 Å². The Balaban J connectivity index is 1.22. The minimum atomic E-state index is -0.0303. The fraction of sp³-hybridized carbons (Fsp3) is 0.200. The molecule has 5 rings (SSSR count). The van der Waals surface area contributed by atoms with Crippen molar-refractivity contribution >= 4 is 17.3 Å². The van der Waals surface area contributed by atoms with E-state index in [1.54, 1.807) is 0 Å². The molecule has 0 unspecified atom stereocenters. The molecule has 0 saturated carbocycles. The van der Waals surface area contributed by atoms with Gasteiger partial charge >= 0.3 is 0 Å². The van der Waals surface area contributed by atoms with Gasteiger partial charge in [0.05, 0.1) is 19.6 Å². The standard InChI is InChI=1S/C30H29N3O2/c1-22-19-27(13-14-31-22)24-5-9-28(10-6-24)32-30(34)21-23-3-2-4-26(20-23)25-7-11-29(12-8-25)33-15-17-35-18-16-33/h2-14,19-20H,15-18,21H2,1H3,(H,32,34). The van der Waals surface area contributed by atoms with Crippen LogP contribution in [0, 0.1) is 6.92 Å². The Morgan fingerprint density at radius 2 is 1.54 bits per heavy atom. The smallest absolute Gasteiger partial charge is 0.228 e. The van der Waals surface area contributed by atoms with Gasteiger partial charge in [-0.15, -0.1) is 0 Å². The van der Waals surface area contributed by atoms with E-state index in [0.717, 1.165) is 65.5 Å². The number of pyridine rings is 1. The normalized spacial score (nSPS) is 13.5. The van der Waals surface area contributed by atoms with Crippen molar-refractivity contribution < 1.29 is 9.53 Å². The Morgan fingerprint density at radius 1 is 0.857 bits per heavy atom. The van der Waals surface area contributed by atoms with Gasteiger partial charge in [0.15, 0.2) is 0 Å². The third-order valence-electron chi connectivity index (χ3n) is 6.27. The summed E-state index contributed by atoms with van der Waals surface area (Å²) in [6.07, 6.45) is 2.14. The molecule has 0 bridgehead atoms. The highest BCUT2D eigenvalue weighted by atomic mass is 16.5. The summed E-state index contributed by atoms with van der Waals surface area (Å²) in [7, 11) is 0. The molecule has 176 valence electrons. The molecule has 1 aliphatic heterocycles. The molecule has 0 radical (unpaired) electrons. The maximum absolute atomic E-state index is 12.7. The van der Waals surface area contributed by atoms with Gasteiger partial charge in [-0.1, -0.05) is 48.5 Å². The van der Waals surface area contributed by atoms with E-state index in [-0.39, 0.29) is 5.91 Å². The molecule has 1 saturated heterocycles. The summed E-state index contributed by atoms with van der Waals surface area (Å²) in [5.41, 5.74) is 8.45. The van der Waals surface area contributed by atoms with Crippen LogP contribution in [0.25, 0.3) is 22.3 Å². The second-order valence-corrected chi connectivity index (χ2v) is 8.83. The van der Waals surface area contributed by atoms with Crippen molar-refractivity contribution in [1.29, 1.82) is 0 Å². The highest BCUT2D eigenvalue weighted by Crippen LogP contribution is 2.25. The SMILES string of the molecule is Cc1cc(-c2ccc(NC(=O)Cc3cccc(-c4ccc(N5CCOCC5)cc4)c3)cc2)ccn1. The maximum atomic E-state index is 12.7. The molecule has 1 aliphatic rings. The number of carbonyl (C=O) groups excluding carboxylic acids is 1. The Hall–Kier alpha value is -3.96. The fourth-order valence-electron chi connectivity index (χ4n) is 4.41. The number of rotatable bonds is 6. The van der Waals surface area contributed by atoms with E-state index in [1.165, 1.54) is 5.69 Å². The zero-order valence-corrected chi connectivity index (χ0v) is 19.9. The van der Waals surface area contributed by atoms with E-state index >= 15 is 0 Å². The van der Waals surface area contributed by atoms with Crippen molar-refractivity contribution in [3.8, 4) is 22.3 Å². The first-order valence-corrected chi connectivity index (χ1v) is 12.0. The van der Waals surface area contributed by atoms with Gasteiger partial charge in [-0.05, 0) is 71.1 Å². The summed E-state index contributed by atoms with van der Waals surface area (Å²) in [6, 6.07) is 28.8. The number of nitrogens with zero attached hydrogens (tertiary/aromatic N) is 2. The lowest BCUT2D eigenvalue weighted by Crippen LogP contribution is -2.36. The Bertz CT molecular complexity index is 1290. The molecule has 35 heavy (non-hydrogen) atoms. The average Bonchev–Trinajstić information content (AvgIpc) is 2.90. The molecule has 0 spiro atoms.